The summed E-state index contributed by atoms with van der Waals surface area (Å²) in [7, 11) is 0. The molecule has 0 spiro atoms. The van der Waals surface area contributed by atoms with Crippen molar-refractivity contribution in [3.63, 3.8) is 0 Å². The van der Waals surface area contributed by atoms with Crippen molar-refractivity contribution in [2.45, 2.75) is 31.0 Å². The van der Waals surface area contributed by atoms with Crippen molar-refractivity contribution in [2.24, 2.45) is 0 Å². The third-order valence-corrected chi connectivity index (χ3v) is 1.34. The number of rotatable bonds is 3. The summed E-state index contributed by atoms with van der Waals surface area (Å²) >= 11 is 0. The van der Waals surface area contributed by atoms with E-state index in [-0.39, 0.29) is 6.61 Å². The smallest absolute Gasteiger partial charge is 0.397 e. The zero-order valence-corrected chi connectivity index (χ0v) is 8.76. The van der Waals surface area contributed by atoms with Gasteiger partial charge in [-0.3, -0.25) is 0 Å². The van der Waals surface area contributed by atoms with Crippen molar-refractivity contribution in [3.05, 3.63) is 0 Å². The molecule has 0 aliphatic rings. The van der Waals surface area contributed by atoms with Gasteiger partial charge in [0.25, 0.3) is 0 Å². The molecule has 0 bridgehead atoms. The fourth-order valence-corrected chi connectivity index (χ4v) is 0.473. The Hall–Kier alpha value is -0.850. The van der Waals surface area contributed by atoms with E-state index in [1.165, 1.54) is 0 Å². The van der Waals surface area contributed by atoms with E-state index in [1.54, 1.807) is 6.92 Å². The van der Waals surface area contributed by atoms with Gasteiger partial charge in [0.2, 0.25) is 0 Å². The molecular weight excluding hydrogens is 311 g/mol. The molecule has 0 rings (SSSR count). The Morgan fingerprint density at radius 1 is 0.789 bits per heavy atom. The van der Waals surface area contributed by atoms with Gasteiger partial charge in [-0.05, 0) is 6.92 Å². The van der Waals surface area contributed by atoms with Gasteiger partial charge in [-0.1, -0.05) is 8.96 Å². The van der Waals surface area contributed by atoms with Crippen LogP contribution in [0.25, 0.3) is 0 Å². The summed E-state index contributed by atoms with van der Waals surface area (Å²) in [6, 6.07) is -6.97. The third kappa shape index (κ3) is 3.81. The Bertz CT molecular complexity index is 273. The molecule has 0 amide bonds. The summed E-state index contributed by atoms with van der Waals surface area (Å²) in [5.74, 6) is -14.6. The third-order valence-electron chi connectivity index (χ3n) is 1.34. The Kier molecular flexibility index (Phi) is 6.54. The van der Waals surface area contributed by atoms with Gasteiger partial charge in [0.15, 0.2) is 0 Å². The van der Waals surface area contributed by atoms with E-state index in [0.717, 1.165) is 0 Å². The predicted octanol–water partition coefficient (Wildman–Crippen LogP) is 3.48. The molecule has 0 saturated heterocycles. The number of aliphatic hydroxyl groups excluding tert-OH is 1. The normalized spacial score (nSPS) is 14.2. The van der Waals surface area contributed by atoms with Crippen LogP contribution in [0.4, 0.5) is 48.5 Å². The van der Waals surface area contributed by atoms with E-state index in [1.807, 2.05) is 0 Å². The van der Waals surface area contributed by atoms with Crippen LogP contribution >= 0.6 is 0 Å². The first-order valence-corrected chi connectivity index (χ1v) is 4.04. The summed E-state index contributed by atoms with van der Waals surface area (Å²) in [4.78, 5) is 0. The van der Waals surface area contributed by atoms with E-state index in [9.17, 15) is 48.5 Å². The zero-order chi connectivity index (χ0) is 16.3. The van der Waals surface area contributed by atoms with Crippen LogP contribution in [0.5, 0.6) is 0 Å². The number of nitrogens with zero attached hydrogens (tertiary/aromatic N) is 1. The lowest BCUT2D eigenvalue weighted by Gasteiger charge is -2.32. The average molecular weight is 317 g/mol. The lowest BCUT2D eigenvalue weighted by molar-refractivity contribution is -0.463. The van der Waals surface area contributed by atoms with Crippen molar-refractivity contribution >= 4 is 0 Å². The van der Waals surface area contributed by atoms with Gasteiger partial charge in [-0.25, -0.2) is 0 Å². The van der Waals surface area contributed by atoms with Gasteiger partial charge in [-0.2, -0.15) is 39.5 Å². The largest absolute Gasteiger partial charge is 0.460 e. The number of aliphatic hydroxyl groups is 1. The maximum atomic E-state index is 12.0. The molecule has 118 valence electrons. The lowest BCUT2D eigenvalue weighted by atomic mass is 10.1. The van der Waals surface area contributed by atoms with E-state index in [2.05, 4.69) is 0 Å². The second-order valence-electron chi connectivity index (χ2n) is 2.74. The van der Waals surface area contributed by atoms with Gasteiger partial charge in [0.1, 0.15) is 0 Å². The van der Waals surface area contributed by atoms with Crippen LogP contribution in [0.2, 0.25) is 0 Å². The molecular formula is C6H6F11NO. The van der Waals surface area contributed by atoms with Crippen molar-refractivity contribution in [1.29, 1.82) is 0 Å². The first-order valence-electron chi connectivity index (χ1n) is 4.04. The number of hydrogen-bond donors (Lipinski definition) is 1. The minimum Gasteiger partial charge on any atom is -0.397 e. The fraction of sp³-hybridized carbons (Fsp3) is 1.00. The molecule has 0 heterocycles. The van der Waals surface area contributed by atoms with E-state index >= 15 is 0 Å². The molecule has 1 N–H and O–H groups in total. The first kappa shape index (κ1) is 20.5. The highest BCUT2D eigenvalue weighted by Crippen LogP contribution is 2.54. The summed E-state index contributed by atoms with van der Waals surface area (Å²) in [6.45, 7) is 1.93. The zero-order valence-electron chi connectivity index (χ0n) is 8.76. The molecule has 0 aromatic carbocycles. The van der Waals surface area contributed by atoms with Crippen LogP contribution in [0, 0.1) is 0 Å². The monoisotopic (exact) mass is 317 g/mol. The highest BCUT2D eigenvalue weighted by atomic mass is 19.4. The molecule has 13 heteroatoms. The number of halogens is 11. The summed E-state index contributed by atoms with van der Waals surface area (Å²) in [6.07, 6.45) is -7.10. The molecule has 0 aromatic rings. The topological polar surface area (TPSA) is 23.5 Å². The van der Waals surface area contributed by atoms with Gasteiger partial charge >= 0.3 is 24.1 Å². The Morgan fingerprint density at radius 3 is 1.21 bits per heavy atom. The van der Waals surface area contributed by atoms with Gasteiger partial charge in [-0.15, -0.1) is 0 Å². The van der Waals surface area contributed by atoms with Crippen molar-refractivity contribution in [1.82, 2.24) is 5.34 Å². The Morgan fingerprint density at radius 2 is 1.05 bits per heavy atom. The van der Waals surface area contributed by atoms with Crippen molar-refractivity contribution < 1.29 is 53.6 Å². The number of hydrogen-bond acceptors (Lipinski definition) is 2. The highest BCUT2D eigenvalue weighted by Gasteiger charge is 2.84. The van der Waals surface area contributed by atoms with Crippen LogP contribution in [-0.4, -0.2) is 41.1 Å². The van der Waals surface area contributed by atoms with Gasteiger partial charge in [0.05, 0.1) is 5.34 Å². The second kappa shape index (κ2) is 6.07. The van der Waals surface area contributed by atoms with Crippen LogP contribution in [0.1, 0.15) is 6.92 Å². The van der Waals surface area contributed by atoms with Crippen LogP contribution < -0.4 is 0 Å². The number of alkyl halides is 9. The molecule has 0 radical (unpaired) electrons. The van der Waals surface area contributed by atoms with E-state index in [0.29, 0.717) is 0 Å². The Labute approximate surface area is 97.8 Å². The standard InChI is InChI=1S/C4F11N.C2H6O/c5-1(6,3(9,10)11)2(7,8)4(12,13)16(14)15;1-2-3/h;3H,2H2,1H3. The maximum absolute atomic E-state index is 12.0. The van der Waals surface area contributed by atoms with Crippen LogP contribution in [0.3, 0.4) is 0 Å². The molecule has 0 saturated carbocycles. The van der Waals surface area contributed by atoms with E-state index in [4.69, 9.17) is 5.11 Å². The minimum atomic E-state index is -7.32. The predicted molar refractivity (Wildman–Crippen MR) is 37.7 cm³/mol. The minimum absolute atomic E-state index is 0.250. The molecule has 0 aliphatic heterocycles. The molecule has 0 unspecified atom stereocenters. The lowest BCUT2D eigenvalue weighted by Crippen LogP contribution is -2.63. The van der Waals surface area contributed by atoms with Crippen LogP contribution in [-0.2, 0) is 0 Å². The second-order valence-corrected chi connectivity index (χ2v) is 2.74. The molecule has 2 nitrogen and oxygen atoms in total. The van der Waals surface area contributed by atoms with E-state index < -0.39 is 29.4 Å². The highest BCUT2D eigenvalue weighted by molar-refractivity contribution is 4.97. The summed E-state index contributed by atoms with van der Waals surface area (Å²) in [5.41, 5.74) is 0. The maximum Gasteiger partial charge on any atom is 0.460 e. The molecule has 0 atom stereocenters. The Balaban J connectivity index is 0. The van der Waals surface area contributed by atoms with Gasteiger partial charge in [0, 0.05) is 6.61 Å². The van der Waals surface area contributed by atoms with Crippen LogP contribution in [0.15, 0.2) is 0 Å². The van der Waals surface area contributed by atoms with Gasteiger partial charge < -0.3 is 5.11 Å². The molecule has 0 fully saturated rings. The SMILES string of the molecule is CCO.FN(F)C(F)(F)C(F)(F)C(F)(F)C(F)(F)F. The summed E-state index contributed by atoms with van der Waals surface area (Å²) < 4.78 is 127. The van der Waals surface area contributed by atoms with Crippen molar-refractivity contribution in [2.75, 3.05) is 6.61 Å². The average Bonchev–Trinajstić information content (AvgIpc) is 2.16. The fourth-order valence-electron chi connectivity index (χ4n) is 0.473. The quantitative estimate of drug-likeness (QED) is 0.489. The molecule has 19 heavy (non-hydrogen) atoms. The first-order chi connectivity index (χ1) is 8.11. The summed E-state index contributed by atoms with van der Waals surface area (Å²) in [5, 5.41) is 3.85. The molecule has 0 aromatic heterocycles. The molecule has 0 aliphatic carbocycles. The van der Waals surface area contributed by atoms with Crippen molar-refractivity contribution in [3.8, 4) is 0 Å².